The number of aryl methyl sites for hydroxylation is 1. The van der Waals surface area contributed by atoms with E-state index in [2.05, 4.69) is 12.1 Å². The highest BCUT2D eigenvalue weighted by Gasteiger charge is 2.21. The topological polar surface area (TPSA) is 60.9 Å². The molecule has 1 aromatic rings. The van der Waals surface area contributed by atoms with Gasteiger partial charge in [-0.05, 0) is 24.0 Å². The summed E-state index contributed by atoms with van der Waals surface area (Å²) in [6, 6.07) is 8.08. The fourth-order valence-electron chi connectivity index (χ4n) is 2.46. The third-order valence-electron chi connectivity index (χ3n) is 3.61. The average Bonchev–Trinajstić information content (AvgIpc) is 2.65. The number of carboxylic acid groups (broad SMARTS) is 1. The van der Waals surface area contributed by atoms with Crippen LogP contribution in [0.4, 0.5) is 4.79 Å². The Kier molecular flexibility index (Phi) is 4.61. The Morgan fingerprint density at radius 3 is 2.70 bits per heavy atom. The van der Waals surface area contributed by atoms with Crippen molar-refractivity contribution in [2.75, 3.05) is 20.1 Å². The number of hydrogen-bond donors (Lipinski definition) is 1. The van der Waals surface area contributed by atoms with Crippen molar-refractivity contribution >= 4 is 12.0 Å². The second-order valence-electron chi connectivity index (χ2n) is 5.14. The van der Waals surface area contributed by atoms with E-state index < -0.39 is 5.97 Å². The van der Waals surface area contributed by atoms with Gasteiger partial charge in [0.05, 0.1) is 6.42 Å². The van der Waals surface area contributed by atoms with E-state index in [1.807, 2.05) is 12.1 Å². The molecule has 2 amide bonds. The van der Waals surface area contributed by atoms with Crippen molar-refractivity contribution in [2.45, 2.75) is 25.8 Å². The molecule has 5 nitrogen and oxygen atoms in total. The van der Waals surface area contributed by atoms with Crippen molar-refractivity contribution in [1.29, 1.82) is 0 Å². The lowest BCUT2D eigenvalue weighted by atomic mass is 10.0. The average molecular weight is 276 g/mol. The molecule has 0 aliphatic carbocycles. The third-order valence-corrected chi connectivity index (χ3v) is 3.61. The molecule has 0 saturated carbocycles. The highest BCUT2D eigenvalue weighted by Crippen LogP contribution is 2.19. The van der Waals surface area contributed by atoms with Gasteiger partial charge in [0.15, 0.2) is 0 Å². The summed E-state index contributed by atoms with van der Waals surface area (Å²) in [5.74, 6) is -0.883. The molecular weight excluding hydrogens is 256 g/mol. The van der Waals surface area contributed by atoms with Gasteiger partial charge in [-0.15, -0.1) is 0 Å². The first-order valence-electron chi connectivity index (χ1n) is 6.86. The summed E-state index contributed by atoms with van der Waals surface area (Å²) in [6.45, 7) is 1.56. The predicted molar refractivity (Wildman–Crippen MR) is 75.5 cm³/mol. The molecule has 0 saturated heterocycles. The third kappa shape index (κ3) is 3.50. The Hall–Kier alpha value is -2.04. The lowest BCUT2D eigenvalue weighted by Crippen LogP contribution is -2.41. The van der Waals surface area contributed by atoms with E-state index in [1.54, 1.807) is 11.9 Å². The van der Waals surface area contributed by atoms with Gasteiger partial charge in [-0.2, -0.15) is 0 Å². The summed E-state index contributed by atoms with van der Waals surface area (Å²) in [7, 11) is 1.65. The summed E-state index contributed by atoms with van der Waals surface area (Å²) < 4.78 is 0. The van der Waals surface area contributed by atoms with Crippen molar-refractivity contribution < 1.29 is 14.7 Å². The quantitative estimate of drug-likeness (QED) is 0.918. The minimum Gasteiger partial charge on any atom is -0.481 e. The maximum Gasteiger partial charge on any atom is 0.320 e. The molecule has 0 bridgehead atoms. The zero-order valence-electron chi connectivity index (χ0n) is 11.7. The summed E-state index contributed by atoms with van der Waals surface area (Å²) in [5, 5.41) is 8.68. The van der Waals surface area contributed by atoms with Gasteiger partial charge in [-0.3, -0.25) is 4.79 Å². The molecule has 1 N–H and O–H groups in total. The molecule has 0 radical (unpaired) electrons. The normalized spacial score (nSPS) is 14.3. The summed E-state index contributed by atoms with van der Waals surface area (Å²) in [4.78, 5) is 26.2. The van der Waals surface area contributed by atoms with E-state index in [0.29, 0.717) is 13.1 Å². The van der Waals surface area contributed by atoms with E-state index in [9.17, 15) is 9.59 Å². The molecule has 108 valence electrons. The van der Waals surface area contributed by atoms with E-state index in [-0.39, 0.29) is 19.0 Å². The van der Waals surface area contributed by atoms with Gasteiger partial charge in [-0.1, -0.05) is 24.3 Å². The van der Waals surface area contributed by atoms with Crippen LogP contribution in [-0.2, 0) is 17.8 Å². The number of fused-ring (bicyclic) bond motifs is 1. The van der Waals surface area contributed by atoms with Gasteiger partial charge in [0, 0.05) is 26.7 Å². The molecule has 1 aliphatic rings. The second kappa shape index (κ2) is 6.41. The van der Waals surface area contributed by atoms with Crippen LogP contribution in [-0.4, -0.2) is 47.0 Å². The molecule has 0 aromatic heterocycles. The molecule has 1 aliphatic heterocycles. The first-order valence-corrected chi connectivity index (χ1v) is 6.86. The second-order valence-corrected chi connectivity index (χ2v) is 5.14. The van der Waals surface area contributed by atoms with E-state index >= 15 is 0 Å². The van der Waals surface area contributed by atoms with Gasteiger partial charge >= 0.3 is 12.0 Å². The van der Waals surface area contributed by atoms with Crippen molar-refractivity contribution in [1.82, 2.24) is 9.80 Å². The van der Waals surface area contributed by atoms with E-state index in [1.165, 1.54) is 16.0 Å². The van der Waals surface area contributed by atoms with E-state index in [4.69, 9.17) is 5.11 Å². The zero-order chi connectivity index (χ0) is 14.5. The predicted octanol–water partition coefficient (Wildman–Crippen LogP) is 1.96. The van der Waals surface area contributed by atoms with Crippen LogP contribution in [0.1, 0.15) is 24.0 Å². The number of nitrogens with zero attached hydrogens (tertiary/aromatic N) is 2. The lowest BCUT2D eigenvalue weighted by molar-refractivity contribution is -0.137. The van der Waals surface area contributed by atoms with Crippen LogP contribution in [0, 0.1) is 0 Å². The number of hydrogen-bond acceptors (Lipinski definition) is 2. The summed E-state index contributed by atoms with van der Waals surface area (Å²) in [6.07, 6.45) is 1.90. The molecule has 1 heterocycles. The zero-order valence-corrected chi connectivity index (χ0v) is 11.7. The summed E-state index contributed by atoms with van der Waals surface area (Å²) in [5.41, 5.74) is 2.49. The molecular formula is C15H20N2O3. The first kappa shape index (κ1) is 14.4. The monoisotopic (exact) mass is 276 g/mol. The van der Waals surface area contributed by atoms with Crippen molar-refractivity contribution in [3.63, 3.8) is 0 Å². The molecule has 0 fully saturated rings. The van der Waals surface area contributed by atoms with Crippen LogP contribution < -0.4 is 0 Å². The van der Waals surface area contributed by atoms with Crippen LogP contribution >= 0.6 is 0 Å². The van der Waals surface area contributed by atoms with Crippen molar-refractivity contribution in [2.24, 2.45) is 0 Å². The van der Waals surface area contributed by atoms with Crippen LogP contribution in [0.25, 0.3) is 0 Å². The number of amides is 2. The molecule has 0 unspecified atom stereocenters. The largest absolute Gasteiger partial charge is 0.481 e. The molecule has 1 aromatic carbocycles. The molecule has 2 rings (SSSR count). The van der Waals surface area contributed by atoms with Gasteiger partial charge in [0.2, 0.25) is 0 Å². The number of carbonyl (C=O) groups excluding carboxylic acids is 1. The Balaban J connectivity index is 2.02. The molecule has 0 spiro atoms. The van der Waals surface area contributed by atoms with E-state index in [0.717, 1.165) is 12.8 Å². The Labute approximate surface area is 118 Å². The number of urea groups is 1. The molecule has 5 heteroatoms. The molecule has 20 heavy (non-hydrogen) atoms. The fourth-order valence-corrected chi connectivity index (χ4v) is 2.46. The highest BCUT2D eigenvalue weighted by molar-refractivity contribution is 5.75. The number of carbonyl (C=O) groups is 2. The highest BCUT2D eigenvalue weighted by atomic mass is 16.4. The van der Waals surface area contributed by atoms with Gasteiger partial charge in [-0.25, -0.2) is 4.79 Å². The SMILES string of the molecule is CN(CCC(=O)O)C(=O)N1CCCc2ccccc2C1. The fraction of sp³-hybridized carbons (Fsp3) is 0.467. The minimum absolute atomic E-state index is 0.0212. The smallest absolute Gasteiger partial charge is 0.320 e. The van der Waals surface area contributed by atoms with Crippen molar-refractivity contribution in [3.05, 3.63) is 35.4 Å². The van der Waals surface area contributed by atoms with Crippen LogP contribution in [0.3, 0.4) is 0 Å². The number of carboxylic acids is 1. The number of aliphatic carboxylic acids is 1. The van der Waals surface area contributed by atoms with Crippen LogP contribution in [0.15, 0.2) is 24.3 Å². The minimum atomic E-state index is -0.883. The van der Waals surface area contributed by atoms with Crippen LogP contribution in [0.5, 0.6) is 0 Å². The standard InChI is InChI=1S/C15H20N2O3/c1-16(10-8-14(18)19)15(20)17-9-4-7-12-5-2-3-6-13(12)11-17/h2-3,5-6H,4,7-11H2,1H3,(H,18,19). The maximum absolute atomic E-state index is 12.3. The Morgan fingerprint density at radius 1 is 1.30 bits per heavy atom. The van der Waals surface area contributed by atoms with Gasteiger partial charge in [0.1, 0.15) is 0 Å². The number of benzene rings is 1. The molecule has 0 atom stereocenters. The van der Waals surface area contributed by atoms with Crippen LogP contribution in [0.2, 0.25) is 0 Å². The summed E-state index contributed by atoms with van der Waals surface area (Å²) >= 11 is 0. The lowest BCUT2D eigenvalue weighted by Gasteiger charge is -2.27. The van der Waals surface area contributed by atoms with Gasteiger partial charge in [0.25, 0.3) is 0 Å². The van der Waals surface area contributed by atoms with Gasteiger partial charge < -0.3 is 14.9 Å². The Bertz CT molecular complexity index is 502. The van der Waals surface area contributed by atoms with Crippen molar-refractivity contribution in [3.8, 4) is 0 Å². The number of rotatable bonds is 3. The maximum atomic E-state index is 12.3. The Morgan fingerprint density at radius 2 is 2.00 bits per heavy atom. The first-order chi connectivity index (χ1) is 9.58.